The van der Waals surface area contributed by atoms with Crippen LogP contribution in [0.25, 0.3) is 22.2 Å². The standard InChI is InChI=1S/C16H17ClN4O/c1-16(2,22)8-21-7-12(10-3-5-11(18)6-4-10)13-14(17)19-9-20-15(13)21/h3-7,9,22H,8,18H2,1-2H3. The molecular formula is C16H17ClN4O. The first-order valence-electron chi connectivity index (χ1n) is 6.93. The zero-order chi connectivity index (χ0) is 15.9. The Morgan fingerprint density at radius 1 is 1.23 bits per heavy atom. The lowest BCUT2D eigenvalue weighted by Crippen LogP contribution is -2.25. The highest BCUT2D eigenvalue weighted by atomic mass is 35.5. The van der Waals surface area contributed by atoms with E-state index in [1.165, 1.54) is 6.33 Å². The van der Waals surface area contributed by atoms with E-state index in [0.717, 1.165) is 16.5 Å². The third kappa shape index (κ3) is 2.77. The lowest BCUT2D eigenvalue weighted by Gasteiger charge is -2.18. The molecule has 3 aromatic rings. The molecular weight excluding hydrogens is 300 g/mol. The van der Waals surface area contributed by atoms with Gasteiger partial charge in [-0.15, -0.1) is 0 Å². The number of anilines is 1. The summed E-state index contributed by atoms with van der Waals surface area (Å²) < 4.78 is 1.90. The summed E-state index contributed by atoms with van der Waals surface area (Å²) >= 11 is 6.28. The molecule has 0 amide bonds. The number of nitrogens with two attached hydrogens (primary N) is 1. The molecule has 2 aromatic heterocycles. The highest BCUT2D eigenvalue weighted by Gasteiger charge is 2.20. The normalized spacial score (nSPS) is 12.0. The summed E-state index contributed by atoms with van der Waals surface area (Å²) in [5.74, 6) is 0. The zero-order valence-corrected chi connectivity index (χ0v) is 13.2. The van der Waals surface area contributed by atoms with Crippen LogP contribution in [0, 0.1) is 0 Å². The molecule has 0 bridgehead atoms. The predicted molar refractivity (Wildman–Crippen MR) is 88.7 cm³/mol. The van der Waals surface area contributed by atoms with E-state index in [-0.39, 0.29) is 0 Å². The number of nitrogens with zero attached hydrogens (tertiary/aromatic N) is 3. The maximum Gasteiger partial charge on any atom is 0.145 e. The number of nitrogen functional groups attached to an aromatic ring is 1. The molecule has 0 aliphatic rings. The van der Waals surface area contributed by atoms with Gasteiger partial charge in [-0.05, 0) is 31.5 Å². The Hall–Kier alpha value is -2.11. The average molecular weight is 317 g/mol. The Kier molecular flexibility index (Phi) is 3.54. The van der Waals surface area contributed by atoms with Gasteiger partial charge in [0.05, 0.1) is 17.5 Å². The largest absolute Gasteiger partial charge is 0.399 e. The quantitative estimate of drug-likeness (QED) is 0.575. The molecule has 1 aromatic carbocycles. The highest BCUT2D eigenvalue weighted by molar-refractivity contribution is 6.35. The SMILES string of the molecule is CC(C)(O)Cn1cc(-c2ccc(N)cc2)c2c(Cl)ncnc21. The van der Waals surface area contributed by atoms with Gasteiger partial charge >= 0.3 is 0 Å². The number of hydrogen-bond acceptors (Lipinski definition) is 4. The molecule has 0 saturated carbocycles. The van der Waals surface area contributed by atoms with E-state index in [1.807, 2.05) is 35.0 Å². The molecule has 114 valence electrons. The molecule has 6 heteroatoms. The smallest absolute Gasteiger partial charge is 0.145 e. The summed E-state index contributed by atoms with van der Waals surface area (Å²) in [5, 5.41) is 11.3. The van der Waals surface area contributed by atoms with E-state index in [1.54, 1.807) is 13.8 Å². The first kappa shape index (κ1) is 14.8. The molecule has 0 spiro atoms. The van der Waals surface area contributed by atoms with E-state index >= 15 is 0 Å². The van der Waals surface area contributed by atoms with Crippen LogP contribution in [0.15, 0.2) is 36.8 Å². The second kappa shape index (κ2) is 5.26. The summed E-state index contributed by atoms with van der Waals surface area (Å²) in [6, 6.07) is 7.54. The van der Waals surface area contributed by atoms with E-state index in [4.69, 9.17) is 17.3 Å². The van der Waals surface area contributed by atoms with Crippen molar-refractivity contribution in [3.8, 4) is 11.1 Å². The van der Waals surface area contributed by atoms with Gasteiger partial charge in [-0.1, -0.05) is 23.7 Å². The molecule has 2 heterocycles. The molecule has 0 aliphatic carbocycles. The van der Waals surface area contributed by atoms with Gasteiger partial charge in [0.15, 0.2) is 0 Å². The minimum Gasteiger partial charge on any atom is -0.399 e. The number of aliphatic hydroxyl groups is 1. The summed E-state index contributed by atoms with van der Waals surface area (Å²) in [7, 11) is 0. The second-order valence-electron chi connectivity index (χ2n) is 5.97. The van der Waals surface area contributed by atoms with Crippen molar-refractivity contribution in [2.75, 3.05) is 5.73 Å². The summed E-state index contributed by atoms with van der Waals surface area (Å²) in [6.45, 7) is 3.92. The fourth-order valence-corrected chi connectivity index (χ4v) is 2.74. The number of fused-ring (bicyclic) bond motifs is 1. The van der Waals surface area contributed by atoms with Crippen molar-refractivity contribution >= 4 is 28.3 Å². The topological polar surface area (TPSA) is 77.0 Å². The molecule has 0 radical (unpaired) electrons. The molecule has 0 fully saturated rings. The fourth-order valence-electron chi connectivity index (χ4n) is 2.51. The van der Waals surface area contributed by atoms with Crippen LogP contribution in [-0.4, -0.2) is 25.2 Å². The van der Waals surface area contributed by atoms with Crippen LogP contribution in [0.2, 0.25) is 5.15 Å². The van der Waals surface area contributed by atoms with Crippen LogP contribution < -0.4 is 5.73 Å². The molecule has 3 N–H and O–H groups in total. The van der Waals surface area contributed by atoms with E-state index in [9.17, 15) is 5.11 Å². The molecule has 5 nitrogen and oxygen atoms in total. The van der Waals surface area contributed by atoms with Gasteiger partial charge in [0.2, 0.25) is 0 Å². The van der Waals surface area contributed by atoms with Gasteiger partial charge < -0.3 is 15.4 Å². The molecule has 0 saturated heterocycles. The zero-order valence-electron chi connectivity index (χ0n) is 12.4. The second-order valence-corrected chi connectivity index (χ2v) is 6.33. The average Bonchev–Trinajstić information content (AvgIpc) is 2.78. The van der Waals surface area contributed by atoms with E-state index < -0.39 is 5.60 Å². The predicted octanol–water partition coefficient (Wildman–Crippen LogP) is 3.10. The van der Waals surface area contributed by atoms with Crippen molar-refractivity contribution in [3.63, 3.8) is 0 Å². The van der Waals surface area contributed by atoms with Crippen LogP contribution in [0.1, 0.15) is 13.8 Å². The number of rotatable bonds is 3. The first-order chi connectivity index (χ1) is 10.3. The number of halogens is 1. The number of hydrogen-bond donors (Lipinski definition) is 2. The lowest BCUT2D eigenvalue weighted by molar-refractivity contribution is 0.0627. The van der Waals surface area contributed by atoms with Crippen molar-refractivity contribution in [2.24, 2.45) is 0 Å². The van der Waals surface area contributed by atoms with Crippen molar-refractivity contribution in [3.05, 3.63) is 41.9 Å². The van der Waals surface area contributed by atoms with Gasteiger partial charge in [0.1, 0.15) is 17.1 Å². The summed E-state index contributed by atoms with van der Waals surface area (Å²) in [6.07, 6.45) is 3.37. The van der Waals surface area contributed by atoms with Gasteiger partial charge in [0, 0.05) is 17.4 Å². The molecule has 0 atom stereocenters. The maximum atomic E-state index is 10.1. The molecule has 0 unspecified atom stereocenters. The van der Waals surface area contributed by atoms with E-state index in [0.29, 0.717) is 23.0 Å². The number of benzene rings is 1. The molecule has 0 aliphatic heterocycles. The third-order valence-corrected chi connectivity index (χ3v) is 3.67. The van der Waals surface area contributed by atoms with Crippen LogP contribution in [0.5, 0.6) is 0 Å². The fraction of sp³-hybridized carbons (Fsp3) is 0.250. The van der Waals surface area contributed by atoms with Crippen molar-refractivity contribution in [2.45, 2.75) is 26.0 Å². The monoisotopic (exact) mass is 316 g/mol. The first-order valence-corrected chi connectivity index (χ1v) is 7.30. The lowest BCUT2D eigenvalue weighted by atomic mass is 10.1. The third-order valence-electron chi connectivity index (χ3n) is 3.39. The number of aromatic nitrogens is 3. The van der Waals surface area contributed by atoms with Crippen molar-refractivity contribution < 1.29 is 5.11 Å². The van der Waals surface area contributed by atoms with Gasteiger partial charge in [-0.25, -0.2) is 9.97 Å². The highest BCUT2D eigenvalue weighted by Crippen LogP contribution is 2.34. The van der Waals surface area contributed by atoms with Crippen LogP contribution in [0.3, 0.4) is 0 Å². The van der Waals surface area contributed by atoms with Crippen LogP contribution in [-0.2, 0) is 6.54 Å². The molecule has 3 rings (SSSR count). The Morgan fingerprint density at radius 2 is 1.91 bits per heavy atom. The van der Waals surface area contributed by atoms with Crippen molar-refractivity contribution in [1.82, 2.24) is 14.5 Å². The van der Waals surface area contributed by atoms with Crippen LogP contribution in [0.4, 0.5) is 5.69 Å². The molecule has 22 heavy (non-hydrogen) atoms. The Balaban J connectivity index is 2.24. The Bertz CT molecular complexity index is 819. The van der Waals surface area contributed by atoms with Crippen LogP contribution >= 0.6 is 11.6 Å². The van der Waals surface area contributed by atoms with Gasteiger partial charge in [-0.2, -0.15) is 0 Å². The van der Waals surface area contributed by atoms with Gasteiger partial charge in [0.25, 0.3) is 0 Å². The summed E-state index contributed by atoms with van der Waals surface area (Å²) in [5.41, 5.74) is 8.19. The summed E-state index contributed by atoms with van der Waals surface area (Å²) in [4.78, 5) is 8.40. The minimum absolute atomic E-state index is 0.395. The maximum absolute atomic E-state index is 10.1. The van der Waals surface area contributed by atoms with E-state index in [2.05, 4.69) is 9.97 Å². The van der Waals surface area contributed by atoms with Gasteiger partial charge in [-0.3, -0.25) is 0 Å². The minimum atomic E-state index is -0.859. The Labute approximate surface area is 133 Å². The van der Waals surface area contributed by atoms with Crippen molar-refractivity contribution in [1.29, 1.82) is 0 Å². The Morgan fingerprint density at radius 3 is 2.55 bits per heavy atom.